The Kier molecular flexibility index (Phi) is 4.01. The van der Waals surface area contributed by atoms with Gasteiger partial charge in [-0.3, -0.25) is 4.79 Å². The number of ether oxygens (including phenoxy) is 2. The van der Waals surface area contributed by atoms with E-state index in [0.717, 1.165) is 11.8 Å². The second-order valence-electron chi connectivity index (χ2n) is 4.63. The van der Waals surface area contributed by atoms with Gasteiger partial charge in [0, 0.05) is 12.1 Å². The van der Waals surface area contributed by atoms with E-state index in [1.807, 2.05) is 0 Å². The average Bonchev–Trinajstić information content (AvgIpc) is 2.56. The van der Waals surface area contributed by atoms with Gasteiger partial charge in [-0.05, 0) is 24.1 Å². The predicted octanol–water partition coefficient (Wildman–Crippen LogP) is 0.704. The van der Waals surface area contributed by atoms with Crippen LogP contribution in [0.25, 0.3) is 0 Å². The van der Waals surface area contributed by atoms with Gasteiger partial charge in [0.05, 0.1) is 27.0 Å². The third kappa shape index (κ3) is 2.78. The lowest BCUT2D eigenvalue weighted by Gasteiger charge is -2.15. The Morgan fingerprint density at radius 1 is 1.15 bits per heavy atom. The summed E-state index contributed by atoms with van der Waals surface area (Å²) in [6.45, 7) is 0.147. The molecular formula is C13H17NO5S. The van der Waals surface area contributed by atoms with Crippen LogP contribution in [0.2, 0.25) is 0 Å². The average molecular weight is 299 g/mol. The lowest BCUT2D eigenvalue weighted by molar-refractivity contribution is 0.0971. The number of benzene rings is 1. The second-order valence-corrected chi connectivity index (χ2v) is 6.62. The zero-order valence-electron chi connectivity index (χ0n) is 11.7. The number of fused-ring (bicyclic) bond motifs is 1. The molecular weight excluding hydrogens is 282 g/mol. The Balaban J connectivity index is 2.45. The fourth-order valence-electron chi connectivity index (χ4n) is 2.24. The van der Waals surface area contributed by atoms with Crippen molar-refractivity contribution in [1.29, 1.82) is 0 Å². The number of carbonyl (C=O) groups excluding carboxylic acids is 1. The maximum Gasteiger partial charge on any atom is 0.211 e. The number of sulfonamides is 1. The maximum absolute atomic E-state index is 12.2. The van der Waals surface area contributed by atoms with E-state index in [0.29, 0.717) is 23.5 Å². The topological polar surface area (TPSA) is 72.9 Å². The summed E-state index contributed by atoms with van der Waals surface area (Å²) in [7, 11) is -0.368. The number of nitrogens with zero attached hydrogens (tertiary/aromatic N) is 1. The molecule has 0 aliphatic carbocycles. The van der Waals surface area contributed by atoms with Crippen molar-refractivity contribution in [2.24, 2.45) is 0 Å². The number of methoxy groups -OCH3 is 2. The van der Waals surface area contributed by atoms with E-state index in [-0.39, 0.29) is 18.9 Å². The first-order valence-electron chi connectivity index (χ1n) is 6.10. The van der Waals surface area contributed by atoms with Crippen LogP contribution in [-0.2, 0) is 16.4 Å². The molecule has 0 saturated heterocycles. The standard InChI is InChI=1S/C13H17NO5S/c1-18-12-6-9-4-5-14(20(3,16)17)8-11(15)10(9)7-13(12)19-2/h6-7H,4-5,8H2,1-3H3. The summed E-state index contributed by atoms with van der Waals surface area (Å²) in [5.41, 5.74) is 1.27. The van der Waals surface area contributed by atoms with Gasteiger partial charge in [-0.2, -0.15) is 4.31 Å². The monoisotopic (exact) mass is 299 g/mol. The van der Waals surface area contributed by atoms with Gasteiger partial charge in [0.25, 0.3) is 0 Å². The van der Waals surface area contributed by atoms with Crippen LogP contribution in [0.4, 0.5) is 0 Å². The Labute approximate surface area is 118 Å². The molecule has 2 rings (SSSR count). The Bertz CT molecular complexity index is 638. The first kappa shape index (κ1) is 14.8. The molecule has 1 heterocycles. The molecule has 0 N–H and O–H groups in total. The highest BCUT2D eigenvalue weighted by Gasteiger charge is 2.27. The molecule has 6 nitrogen and oxygen atoms in total. The molecule has 0 amide bonds. The molecule has 0 spiro atoms. The fraction of sp³-hybridized carbons (Fsp3) is 0.462. The number of rotatable bonds is 3. The van der Waals surface area contributed by atoms with Crippen LogP contribution in [0.3, 0.4) is 0 Å². The molecule has 0 unspecified atom stereocenters. The van der Waals surface area contributed by atoms with E-state index in [1.54, 1.807) is 12.1 Å². The number of carbonyl (C=O) groups is 1. The quantitative estimate of drug-likeness (QED) is 0.821. The van der Waals surface area contributed by atoms with Gasteiger partial charge in [-0.25, -0.2) is 8.42 Å². The fourth-order valence-corrected chi connectivity index (χ4v) is 3.01. The van der Waals surface area contributed by atoms with E-state index in [1.165, 1.54) is 18.5 Å². The maximum atomic E-state index is 12.2. The van der Waals surface area contributed by atoms with Gasteiger partial charge in [-0.1, -0.05) is 0 Å². The van der Waals surface area contributed by atoms with Gasteiger partial charge in [0.15, 0.2) is 17.3 Å². The predicted molar refractivity (Wildman–Crippen MR) is 74.0 cm³/mol. The van der Waals surface area contributed by atoms with Crippen molar-refractivity contribution in [3.63, 3.8) is 0 Å². The summed E-state index contributed by atoms with van der Waals surface area (Å²) >= 11 is 0. The van der Waals surface area contributed by atoms with Crippen LogP contribution in [0.1, 0.15) is 15.9 Å². The normalized spacial score (nSPS) is 16.4. The van der Waals surface area contributed by atoms with Gasteiger partial charge in [0.2, 0.25) is 10.0 Å². The van der Waals surface area contributed by atoms with Crippen LogP contribution >= 0.6 is 0 Å². The smallest absolute Gasteiger partial charge is 0.211 e. The summed E-state index contributed by atoms with van der Waals surface area (Å²) in [6, 6.07) is 3.35. The van der Waals surface area contributed by atoms with Crippen LogP contribution < -0.4 is 9.47 Å². The Morgan fingerprint density at radius 2 is 1.75 bits per heavy atom. The van der Waals surface area contributed by atoms with Gasteiger partial charge < -0.3 is 9.47 Å². The summed E-state index contributed by atoms with van der Waals surface area (Å²) < 4.78 is 34.8. The van der Waals surface area contributed by atoms with Crippen molar-refractivity contribution in [3.05, 3.63) is 23.3 Å². The molecule has 1 aromatic carbocycles. The Hall–Kier alpha value is -1.60. The van der Waals surface area contributed by atoms with Crippen LogP contribution in [0.5, 0.6) is 11.5 Å². The molecule has 110 valence electrons. The molecule has 1 aromatic rings. The van der Waals surface area contributed by atoms with Gasteiger partial charge in [-0.15, -0.1) is 0 Å². The highest BCUT2D eigenvalue weighted by Crippen LogP contribution is 2.32. The minimum absolute atomic E-state index is 0.138. The molecule has 20 heavy (non-hydrogen) atoms. The summed E-state index contributed by atoms with van der Waals surface area (Å²) in [5.74, 6) is 0.767. The van der Waals surface area contributed by atoms with E-state index in [2.05, 4.69) is 0 Å². The van der Waals surface area contributed by atoms with E-state index < -0.39 is 10.0 Å². The van der Waals surface area contributed by atoms with Gasteiger partial charge in [0.1, 0.15) is 0 Å². The molecule has 0 bridgehead atoms. The van der Waals surface area contributed by atoms with E-state index in [4.69, 9.17) is 9.47 Å². The third-order valence-electron chi connectivity index (χ3n) is 3.33. The molecule has 0 radical (unpaired) electrons. The molecule has 0 aromatic heterocycles. The van der Waals surface area contributed by atoms with Crippen LogP contribution in [0.15, 0.2) is 12.1 Å². The first-order chi connectivity index (χ1) is 9.36. The minimum atomic E-state index is -3.38. The number of Topliss-reactive ketones (excluding diaryl/α,β-unsaturated/α-hetero) is 1. The van der Waals surface area contributed by atoms with Crippen LogP contribution in [-0.4, -0.2) is 52.1 Å². The molecule has 0 saturated carbocycles. The van der Waals surface area contributed by atoms with Crippen molar-refractivity contribution in [2.75, 3.05) is 33.6 Å². The Morgan fingerprint density at radius 3 is 2.30 bits per heavy atom. The van der Waals surface area contributed by atoms with Crippen molar-refractivity contribution in [3.8, 4) is 11.5 Å². The second kappa shape index (κ2) is 5.41. The first-order valence-corrected chi connectivity index (χ1v) is 7.95. The van der Waals surface area contributed by atoms with Crippen LogP contribution in [0, 0.1) is 0 Å². The molecule has 0 atom stereocenters. The van der Waals surface area contributed by atoms with Crippen molar-refractivity contribution < 1.29 is 22.7 Å². The molecule has 1 aliphatic rings. The SMILES string of the molecule is COc1cc2c(cc1OC)C(=O)CN(S(C)(=O)=O)CC2. The van der Waals surface area contributed by atoms with Crippen molar-refractivity contribution in [2.45, 2.75) is 6.42 Å². The summed E-state index contributed by atoms with van der Waals surface area (Å²) in [4.78, 5) is 12.2. The van der Waals surface area contributed by atoms with E-state index in [9.17, 15) is 13.2 Å². The lowest BCUT2D eigenvalue weighted by atomic mass is 10.0. The van der Waals surface area contributed by atoms with Gasteiger partial charge >= 0.3 is 0 Å². The van der Waals surface area contributed by atoms with Crippen molar-refractivity contribution >= 4 is 15.8 Å². The molecule has 7 heteroatoms. The molecule has 0 fully saturated rings. The highest BCUT2D eigenvalue weighted by molar-refractivity contribution is 7.88. The third-order valence-corrected chi connectivity index (χ3v) is 4.58. The lowest BCUT2D eigenvalue weighted by Crippen LogP contribution is -2.34. The zero-order chi connectivity index (χ0) is 14.9. The van der Waals surface area contributed by atoms with Crippen molar-refractivity contribution in [1.82, 2.24) is 4.31 Å². The number of hydrogen-bond acceptors (Lipinski definition) is 5. The number of ketones is 1. The zero-order valence-corrected chi connectivity index (χ0v) is 12.5. The minimum Gasteiger partial charge on any atom is -0.493 e. The largest absolute Gasteiger partial charge is 0.493 e. The summed E-state index contributed by atoms with van der Waals surface area (Å²) in [6.07, 6.45) is 1.58. The molecule has 1 aliphatic heterocycles. The number of hydrogen-bond donors (Lipinski definition) is 0. The van der Waals surface area contributed by atoms with E-state index >= 15 is 0 Å². The summed E-state index contributed by atoms with van der Waals surface area (Å²) in [5, 5.41) is 0. The highest BCUT2D eigenvalue weighted by atomic mass is 32.2.